The van der Waals surface area contributed by atoms with E-state index >= 15 is 0 Å². The van der Waals surface area contributed by atoms with Crippen molar-refractivity contribution in [1.29, 1.82) is 0 Å². The smallest absolute Gasteiger partial charge is 0.328 e. The number of urea groups is 1. The second-order valence-corrected chi connectivity index (χ2v) is 10.6. The summed E-state index contributed by atoms with van der Waals surface area (Å²) in [5.41, 5.74) is -0.886. The van der Waals surface area contributed by atoms with Crippen molar-refractivity contribution in [3.05, 3.63) is 0 Å². The minimum absolute atomic E-state index is 0.0317. The predicted octanol–water partition coefficient (Wildman–Crippen LogP) is 2.15. The fraction of sp³-hybridized carbons (Fsp3) is 0.850. The molecule has 0 aromatic carbocycles. The number of carbonyl (C=O) groups is 3. The lowest BCUT2D eigenvalue weighted by molar-refractivity contribution is -0.154. The van der Waals surface area contributed by atoms with E-state index in [1.165, 1.54) is 7.11 Å². The van der Waals surface area contributed by atoms with Crippen LogP contribution in [0.3, 0.4) is 0 Å². The Bertz CT molecular complexity index is 630. The quantitative estimate of drug-likeness (QED) is 0.733. The summed E-state index contributed by atoms with van der Waals surface area (Å²) in [5, 5.41) is 5.66. The van der Waals surface area contributed by atoms with E-state index in [9.17, 15) is 14.4 Å². The van der Waals surface area contributed by atoms with Crippen LogP contribution >= 0.6 is 0 Å². The number of hydrogen-bond donors (Lipinski definition) is 2. The molecule has 1 aliphatic heterocycles. The van der Waals surface area contributed by atoms with Gasteiger partial charge in [-0.2, -0.15) is 0 Å². The number of piperidine rings is 1. The average Bonchev–Trinajstić information content (AvgIpc) is 2.85. The van der Waals surface area contributed by atoms with Gasteiger partial charge in [-0.3, -0.25) is 4.79 Å². The second-order valence-electron chi connectivity index (χ2n) is 10.6. The van der Waals surface area contributed by atoms with Crippen LogP contribution in [0.5, 0.6) is 0 Å². The molecular weight excluding hydrogens is 346 g/mol. The lowest BCUT2D eigenvalue weighted by Crippen LogP contribution is -2.60. The number of hydrogen-bond acceptors (Lipinski definition) is 4. The van der Waals surface area contributed by atoms with Crippen molar-refractivity contribution in [2.75, 3.05) is 13.7 Å². The monoisotopic (exact) mass is 381 g/mol. The summed E-state index contributed by atoms with van der Waals surface area (Å²) in [6, 6.07) is -1.72. The SMILES string of the molecule is COC(=O)[C@@H]1[C@@H]2C(CN1C(=O)[C@@H](NC(=O)NC(C)(C)C)C(C)(C)C)C2(C)C. The zero-order valence-corrected chi connectivity index (χ0v) is 18.1. The highest BCUT2D eigenvalue weighted by Crippen LogP contribution is 2.65. The Hall–Kier alpha value is -1.79. The summed E-state index contributed by atoms with van der Waals surface area (Å²) in [6.45, 7) is 16.1. The largest absolute Gasteiger partial charge is 0.467 e. The molecule has 2 N–H and O–H groups in total. The third-order valence-electron chi connectivity index (χ3n) is 5.81. The molecule has 1 aliphatic carbocycles. The molecule has 2 aliphatic rings. The highest BCUT2D eigenvalue weighted by molar-refractivity contribution is 5.92. The van der Waals surface area contributed by atoms with Crippen LogP contribution in [0.25, 0.3) is 0 Å². The standard InChI is InChI=1S/C20H35N3O4/c1-18(2,3)14(21-17(26)22-19(4,5)6)15(24)23-10-11-12(20(11,7)8)13(23)16(25)27-9/h11-14H,10H2,1-9H3,(H2,21,22,26)/t11?,12-,13-,14+/m0/s1. The Morgan fingerprint density at radius 2 is 1.67 bits per heavy atom. The third-order valence-corrected chi connectivity index (χ3v) is 5.81. The van der Waals surface area contributed by atoms with Crippen LogP contribution in [0, 0.1) is 22.7 Å². The van der Waals surface area contributed by atoms with Gasteiger partial charge < -0.3 is 20.3 Å². The van der Waals surface area contributed by atoms with E-state index in [-0.39, 0.29) is 29.1 Å². The summed E-state index contributed by atoms with van der Waals surface area (Å²) in [5.74, 6) is -0.217. The maximum Gasteiger partial charge on any atom is 0.328 e. The molecule has 0 bridgehead atoms. The molecular formula is C20H35N3O4. The first kappa shape index (κ1) is 21.5. The number of likely N-dealkylation sites (tertiary alicyclic amines) is 1. The molecule has 0 aromatic rings. The molecule has 2 rings (SSSR count). The summed E-state index contributed by atoms with van der Waals surface area (Å²) in [7, 11) is 1.35. The maximum absolute atomic E-state index is 13.4. The number of esters is 1. The molecule has 4 atom stereocenters. The van der Waals surface area contributed by atoms with E-state index in [2.05, 4.69) is 24.5 Å². The number of nitrogens with zero attached hydrogens (tertiary/aromatic N) is 1. The lowest BCUT2D eigenvalue weighted by Gasteiger charge is -2.37. The minimum Gasteiger partial charge on any atom is -0.467 e. The lowest BCUT2D eigenvalue weighted by atomic mass is 9.85. The second kappa shape index (κ2) is 6.67. The summed E-state index contributed by atoms with van der Waals surface area (Å²) in [6.07, 6.45) is 0. The Labute approximate surface area is 162 Å². The number of fused-ring (bicyclic) bond motifs is 1. The molecule has 7 heteroatoms. The van der Waals surface area contributed by atoms with E-state index in [0.717, 1.165) is 0 Å². The van der Waals surface area contributed by atoms with Crippen molar-refractivity contribution in [2.24, 2.45) is 22.7 Å². The molecule has 1 heterocycles. The van der Waals surface area contributed by atoms with E-state index in [0.29, 0.717) is 6.54 Å². The topological polar surface area (TPSA) is 87.7 Å². The Balaban J connectivity index is 2.23. The van der Waals surface area contributed by atoms with Crippen LogP contribution in [-0.2, 0) is 14.3 Å². The first-order chi connectivity index (χ1) is 12.1. The van der Waals surface area contributed by atoms with Gasteiger partial charge in [0.1, 0.15) is 12.1 Å². The van der Waals surface area contributed by atoms with Crippen molar-refractivity contribution in [3.8, 4) is 0 Å². The van der Waals surface area contributed by atoms with Crippen LogP contribution in [0.15, 0.2) is 0 Å². The molecule has 0 radical (unpaired) electrons. The predicted molar refractivity (Wildman–Crippen MR) is 103 cm³/mol. The van der Waals surface area contributed by atoms with E-state index in [1.807, 2.05) is 41.5 Å². The van der Waals surface area contributed by atoms with Gasteiger partial charge in [0.05, 0.1) is 7.11 Å². The van der Waals surface area contributed by atoms with Crippen LogP contribution in [0.4, 0.5) is 4.79 Å². The van der Waals surface area contributed by atoms with Gasteiger partial charge in [-0.1, -0.05) is 34.6 Å². The highest BCUT2D eigenvalue weighted by atomic mass is 16.5. The van der Waals surface area contributed by atoms with Crippen molar-refractivity contribution in [3.63, 3.8) is 0 Å². The van der Waals surface area contributed by atoms with Gasteiger partial charge in [0.25, 0.3) is 0 Å². The Kier molecular flexibility index (Phi) is 5.32. The Morgan fingerprint density at radius 1 is 1.11 bits per heavy atom. The number of ether oxygens (including phenoxy) is 1. The minimum atomic E-state index is -0.743. The fourth-order valence-electron chi connectivity index (χ4n) is 4.23. The maximum atomic E-state index is 13.4. The van der Waals surface area contributed by atoms with Crippen LogP contribution in [0.1, 0.15) is 55.4 Å². The zero-order chi connectivity index (χ0) is 20.9. The molecule has 1 saturated carbocycles. The molecule has 27 heavy (non-hydrogen) atoms. The molecule has 1 saturated heterocycles. The number of rotatable bonds is 3. The highest BCUT2D eigenvalue weighted by Gasteiger charge is 2.70. The van der Waals surface area contributed by atoms with Crippen LogP contribution in [-0.4, -0.2) is 54.1 Å². The van der Waals surface area contributed by atoms with Crippen LogP contribution in [0.2, 0.25) is 0 Å². The van der Waals surface area contributed by atoms with Gasteiger partial charge >= 0.3 is 12.0 Å². The molecule has 2 fully saturated rings. The van der Waals surface area contributed by atoms with Gasteiger partial charge in [-0.15, -0.1) is 0 Å². The van der Waals surface area contributed by atoms with Crippen molar-refractivity contribution >= 4 is 17.9 Å². The normalized spacial score (nSPS) is 27.4. The molecule has 3 amide bonds. The summed E-state index contributed by atoms with van der Waals surface area (Å²) >= 11 is 0. The fourth-order valence-corrected chi connectivity index (χ4v) is 4.23. The molecule has 0 aromatic heterocycles. The number of nitrogens with one attached hydrogen (secondary N) is 2. The van der Waals surface area contributed by atoms with Crippen LogP contribution < -0.4 is 10.6 Å². The molecule has 7 nitrogen and oxygen atoms in total. The van der Waals surface area contributed by atoms with Gasteiger partial charge in [0.15, 0.2) is 0 Å². The van der Waals surface area contributed by atoms with Gasteiger partial charge in [-0.05, 0) is 37.5 Å². The van der Waals surface area contributed by atoms with Crippen molar-refractivity contribution < 1.29 is 19.1 Å². The van der Waals surface area contributed by atoms with Gasteiger partial charge in [0, 0.05) is 18.0 Å². The summed E-state index contributed by atoms with van der Waals surface area (Å²) < 4.78 is 4.98. The number of amides is 3. The van der Waals surface area contributed by atoms with E-state index in [4.69, 9.17) is 4.74 Å². The number of methoxy groups -OCH3 is 1. The number of carbonyl (C=O) groups excluding carboxylic acids is 3. The van der Waals surface area contributed by atoms with Gasteiger partial charge in [0.2, 0.25) is 5.91 Å². The van der Waals surface area contributed by atoms with E-state index < -0.39 is 29.1 Å². The van der Waals surface area contributed by atoms with E-state index in [1.54, 1.807) is 4.90 Å². The molecule has 0 spiro atoms. The molecule has 1 unspecified atom stereocenters. The first-order valence-corrected chi connectivity index (χ1v) is 9.58. The third kappa shape index (κ3) is 4.22. The Morgan fingerprint density at radius 3 is 2.11 bits per heavy atom. The summed E-state index contributed by atoms with van der Waals surface area (Å²) in [4.78, 5) is 39.8. The average molecular weight is 382 g/mol. The van der Waals surface area contributed by atoms with Crippen molar-refractivity contribution in [2.45, 2.75) is 73.0 Å². The molecule has 154 valence electrons. The van der Waals surface area contributed by atoms with Crippen molar-refractivity contribution in [1.82, 2.24) is 15.5 Å². The first-order valence-electron chi connectivity index (χ1n) is 9.58. The van der Waals surface area contributed by atoms with Gasteiger partial charge in [-0.25, -0.2) is 9.59 Å². The zero-order valence-electron chi connectivity index (χ0n) is 18.1.